The van der Waals surface area contributed by atoms with Crippen LogP contribution >= 0.6 is 0 Å². The van der Waals surface area contributed by atoms with E-state index in [0.29, 0.717) is 0 Å². The fourth-order valence-corrected chi connectivity index (χ4v) is 1.68. The van der Waals surface area contributed by atoms with Crippen LogP contribution in [0.1, 0.15) is 11.1 Å². The summed E-state index contributed by atoms with van der Waals surface area (Å²) in [6.07, 6.45) is 0. The molecule has 12 heavy (non-hydrogen) atoms. The summed E-state index contributed by atoms with van der Waals surface area (Å²) >= 11 is 0. The van der Waals surface area contributed by atoms with E-state index in [1.165, 1.54) is 0 Å². The predicted octanol–water partition coefficient (Wildman–Crippen LogP) is 0.784. The number of hydrogen-bond donors (Lipinski definition) is 1. The fraction of sp³-hybridized carbons (Fsp3) is 0.250. The van der Waals surface area contributed by atoms with Crippen LogP contribution in [0.2, 0.25) is 0 Å². The van der Waals surface area contributed by atoms with Crippen LogP contribution in [0.15, 0.2) is 24.3 Å². The number of benzene rings is 1. The molecule has 1 aromatic rings. The Balaban J connectivity index is 2.91. The Morgan fingerprint density at radius 1 is 1.42 bits per heavy atom. The van der Waals surface area contributed by atoms with Crippen molar-refractivity contribution in [3.63, 3.8) is 0 Å². The maximum atomic E-state index is 10.7. The van der Waals surface area contributed by atoms with E-state index in [9.17, 15) is 8.42 Å². The molecule has 0 fully saturated rings. The van der Waals surface area contributed by atoms with E-state index >= 15 is 0 Å². The first-order valence-corrected chi connectivity index (χ1v) is 5.25. The summed E-state index contributed by atoms with van der Waals surface area (Å²) in [5.41, 5.74) is 1.77. The summed E-state index contributed by atoms with van der Waals surface area (Å²) in [6.45, 7) is 1.91. The van der Waals surface area contributed by atoms with Crippen molar-refractivity contribution < 1.29 is 8.42 Å². The van der Waals surface area contributed by atoms with Crippen molar-refractivity contribution in [1.29, 1.82) is 0 Å². The molecule has 0 unspecified atom stereocenters. The molecule has 4 heteroatoms. The second kappa shape index (κ2) is 3.25. The Labute approximate surface area is 72.3 Å². The zero-order valence-corrected chi connectivity index (χ0v) is 7.64. The van der Waals surface area contributed by atoms with Crippen LogP contribution in [-0.4, -0.2) is 8.42 Å². The highest BCUT2D eigenvalue weighted by atomic mass is 32.2. The zero-order valence-electron chi connectivity index (χ0n) is 6.82. The summed E-state index contributed by atoms with van der Waals surface area (Å²) in [6, 6.07) is 7.28. The minimum Gasteiger partial charge on any atom is -0.228 e. The van der Waals surface area contributed by atoms with Crippen molar-refractivity contribution in [2.75, 3.05) is 0 Å². The van der Waals surface area contributed by atoms with Gasteiger partial charge in [-0.15, -0.1) is 0 Å². The van der Waals surface area contributed by atoms with Gasteiger partial charge in [0, 0.05) is 0 Å². The Morgan fingerprint density at radius 2 is 2.08 bits per heavy atom. The van der Waals surface area contributed by atoms with E-state index in [4.69, 9.17) is 5.14 Å². The molecule has 0 atom stereocenters. The minimum absolute atomic E-state index is 0.0886. The number of sulfonamides is 1. The van der Waals surface area contributed by atoms with Crippen LogP contribution in [0.3, 0.4) is 0 Å². The molecular formula is C8H11NO2S. The van der Waals surface area contributed by atoms with Gasteiger partial charge in [0.15, 0.2) is 0 Å². The number of primary sulfonamides is 1. The van der Waals surface area contributed by atoms with Gasteiger partial charge in [0.1, 0.15) is 0 Å². The van der Waals surface area contributed by atoms with E-state index in [2.05, 4.69) is 0 Å². The van der Waals surface area contributed by atoms with Gasteiger partial charge in [-0.3, -0.25) is 0 Å². The molecule has 0 aliphatic carbocycles. The first kappa shape index (κ1) is 9.22. The Bertz CT molecular complexity index is 370. The smallest absolute Gasteiger partial charge is 0.213 e. The van der Waals surface area contributed by atoms with E-state index in [0.717, 1.165) is 11.1 Å². The molecule has 3 nitrogen and oxygen atoms in total. The standard InChI is InChI=1S/C8H11NO2S/c1-7-3-2-4-8(5-7)6-12(9,10)11/h2-5H,6H2,1H3,(H2,9,10,11). The molecule has 66 valence electrons. The minimum atomic E-state index is -3.39. The summed E-state index contributed by atoms with van der Waals surface area (Å²) in [5.74, 6) is -0.0886. The summed E-state index contributed by atoms with van der Waals surface area (Å²) in [7, 11) is -3.39. The fourth-order valence-electron chi connectivity index (χ4n) is 1.03. The molecule has 0 aliphatic heterocycles. The molecule has 0 heterocycles. The average molecular weight is 185 g/mol. The average Bonchev–Trinajstić information content (AvgIpc) is 1.82. The monoisotopic (exact) mass is 185 g/mol. The van der Waals surface area contributed by atoms with Crippen molar-refractivity contribution in [2.45, 2.75) is 12.7 Å². The molecule has 0 aliphatic rings. The summed E-state index contributed by atoms with van der Waals surface area (Å²) < 4.78 is 21.4. The normalized spacial score (nSPS) is 11.5. The van der Waals surface area contributed by atoms with Crippen molar-refractivity contribution >= 4 is 10.0 Å². The topological polar surface area (TPSA) is 60.2 Å². The highest BCUT2D eigenvalue weighted by Crippen LogP contribution is 2.06. The molecule has 0 spiro atoms. The second-order valence-corrected chi connectivity index (χ2v) is 4.41. The van der Waals surface area contributed by atoms with Crippen LogP contribution in [0.25, 0.3) is 0 Å². The van der Waals surface area contributed by atoms with Gasteiger partial charge in [0.25, 0.3) is 0 Å². The maximum absolute atomic E-state index is 10.7. The molecule has 0 amide bonds. The van der Waals surface area contributed by atoms with E-state index < -0.39 is 10.0 Å². The maximum Gasteiger partial charge on any atom is 0.213 e. The largest absolute Gasteiger partial charge is 0.228 e. The third-order valence-corrected chi connectivity index (χ3v) is 2.19. The van der Waals surface area contributed by atoms with Gasteiger partial charge in [0.05, 0.1) is 5.75 Å². The van der Waals surface area contributed by atoms with Gasteiger partial charge in [-0.25, -0.2) is 13.6 Å². The van der Waals surface area contributed by atoms with Crippen molar-refractivity contribution in [3.05, 3.63) is 35.4 Å². The number of rotatable bonds is 2. The van der Waals surface area contributed by atoms with Crippen molar-refractivity contribution in [2.24, 2.45) is 5.14 Å². The first-order chi connectivity index (χ1) is 5.47. The van der Waals surface area contributed by atoms with Crippen LogP contribution in [-0.2, 0) is 15.8 Å². The predicted molar refractivity (Wildman–Crippen MR) is 48.0 cm³/mol. The van der Waals surface area contributed by atoms with Crippen LogP contribution < -0.4 is 5.14 Å². The van der Waals surface area contributed by atoms with Gasteiger partial charge < -0.3 is 0 Å². The van der Waals surface area contributed by atoms with Crippen LogP contribution in [0.5, 0.6) is 0 Å². The number of aryl methyl sites for hydroxylation is 1. The second-order valence-electron chi connectivity index (χ2n) is 2.80. The molecular weight excluding hydrogens is 174 g/mol. The molecule has 2 N–H and O–H groups in total. The zero-order chi connectivity index (χ0) is 9.19. The molecule has 0 bridgehead atoms. The van der Waals surface area contributed by atoms with Crippen molar-refractivity contribution in [3.8, 4) is 0 Å². The third-order valence-electron chi connectivity index (χ3n) is 1.45. The summed E-state index contributed by atoms with van der Waals surface area (Å²) in [5, 5.41) is 4.89. The van der Waals surface area contributed by atoms with Gasteiger partial charge >= 0.3 is 0 Å². The lowest BCUT2D eigenvalue weighted by molar-refractivity contribution is 0.597. The van der Waals surface area contributed by atoms with E-state index in [1.54, 1.807) is 6.07 Å². The third kappa shape index (κ3) is 3.02. The van der Waals surface area contributed by atoms with Crippen LogP contribution in [0.4, 0.5) is 0 Å². The first-order valence-electron chi connectivity index (χ1n) is 3.53. The number of nitrogens with two attached hydrogens (primary N) is 1. The van der Waals surface area contributed by atoms with Gasteiger partial charge in [-0.2, -0.15) is 0 Å². The lowest BCUT2D eigenvalue weighted by Crippen LogP contribution is -2.14. The molecule has 0 radical (unpaired) electrons. The number of hydrogen-bond acceptors (Lipinski definition) is 2. The Morgan fingerprint density at radius 3 is 2.58 bits per heavy atom. The lowest BCUT2D eigenvalue weighted by Gasteiger charge is -1.99. The van der Waals surface area contributed by atoms with Gasteiger partial charge in [0.2, 0.25) is 10.0 Å². The highest BCUT2D eigenvalue weighted by molar-refractivity contribution is 7.88. The Kier molecular flexibility index (Phi) is 2.49. The summed E-state index contributed by atoms with van der Waals surface area (Å²) in [4.78, 5) is 0. The lowest BCUT2D eigenvalue weighted by atomic mass is 10.2. The molecule has 0 saturated heterocycles. The van der Waals surface area contributed by atoms with Crippen LogP contribution in [0, 0.1) is 6.92 Å². The quantitative estimate of drug-likeness (QED) is 0.740. The highest BCUT2D eigenvalue weighted by Gasteiger charge is 2.03. The molecule has 0 aromatic heterocycles. The molecule has 1 rings (SSSR count). The Hall–Kier alpha value is -0.870. The van der Waals surface area contributed by atoms with Gasteiger partial charge in [-0.05, 0) is 12.5 Å². The van der Waals surface area contributed by atoms with Crippen molar-refractivity contribution in [1.82, 2.24) is 0 Å². The van der Waals surface area contributed by atoms with Gasteiger partial charge in [-0.1, -0.05) is 29.8 Å². The van der Waals surface area contributed by atoms with E-state index in [-0.39, 0.29) is 5.75 Å². The molecule has 0 saturated carbocycles. The SMILES string of the molecule is Cc1cccc(CS(N)(=O)=O)c1. The molecule has 1 aromatic carbocycles. The van der Waals surface area contributed by atoms with E-state index in [1.807, 2.05) is 25.1 Å².